The van der Waals surface area contributed by atoms with Crippen LogP contribution in [0.25, 0.3) is 0 Å². The number of carbonyl (C=O) groups is 1. The SMILES string of the molecule is Cc1ocnc1CNC(=O)N1CCC(C(O)c2ccc(F)cc2)CC1. The highest BCUT2D eigenvalue weighted by atomic mass is 19.1. The third-order valence-electron chi connectivity index (χ3n) is 4.74. The Labute approximate surface area is 145 Å². The quantitative estimate of drug-likeness (QED) is 0.891. The van der Waals surface area contributed by atoms with E-state index in [0.717, 1.165) is 5.69 Å². The average molecular weight is 347 g/mol. The van der Waals surface area contributed by atoms with Gasteiger partial charge in [0, 0.05) is 13.1 Å². The molecule has 1 aliphatic heterocycles. The molecule has 1 aliphatic rings. The summed E-state index contributed by atoms with van der Waals surface area (Å²) in [7, 11) is 0. The molecule has 25 heavy (non-hydrogen) atoms. The zero-order valence-corrected chi connectivity index (χ0v) is 14.1. The van der Waals surface area contributed by atoms with Crippen LogP contribution in [0.3, 0.4) is 0 Å². The lowest BCUT2D eigenvalue weighted by molar-refractivity contribution is 0.0664. The van der Waals surface area contributed by atoms with Gasteiger partial charge >= 0.3 is 6.03 Å². The molecule has 1 aromatic heterocycles. The normalized spacial score (nSPS) is 16.7. The number of hydrogen-bond donors (Lipinski definition) is 2. The van der Waals surface area contributed by atoms with Crippen LogP contribution >= 0.6 is 0 Å². The third-order valence-corrected chi connectivity index (χ3v) is 4.74. The van der Waals surface area contributed by atoms with Gasteiger partial charge in [-0.1, -0.05) is 12.1 Å². The molecule has 2 aromatic rings. The van der Waals surface area contributed by atoms with E-state index in [9.17, 15) is 14.3 Å². The number of carbonyl (C=O) groups excluding carboxylic acids is 1. The minimum atomic E-state index is -0.636. The average Bonchev–Trinajstić information content (AvgIpc) is 3.05. The van der Waals surface area contributed by atoms with E-state index >= 15 is 0 Å². The van der Waals surface area contributed by atoms with Gasteiger partial charge in [0.2, 0.25) is 0 Å². The number of aliphatic hydroxyl groups excluding tert-OH is 1. The Hall–Kier alpha value is -2.41. The Morgan fingerprint density at radius 3 is 2.68 bits per heavy atom. The van der Waals surface area contributed by atoms with Gasteiger partial charge in [0.25, 0.3) is 0 Å². The van der Waals surface area contributed by atoms with Crippen LogP contribution in [-0.2, 0) is 6.54 Å². The number of nitrogens with zero attached hydrogens (tertiary/aromatic N) is 2. The van der Waals surface area contributed by atoms with E-state index in [0.29, 0.717) is 43.8 Å². The Morgan fingerprint density at radius 2 is 2.08 bits per heavy atom. The Kier molecular flexibility index (Phi) is 5.33. The summed E-state index contributed by atoms with van der Waals surface area (Å²) in [6.45, 7) is 3.29. The topological polar surface area (TPSA) is 78.6 Å². The zero-order valence-electron chi connectivity index (χ0n) is 14.1. The van der Waals surface area contributed by atoms with Crippen molar-refractivity contribution in [3.8, 4) is 0 Å². The van der Waals surface area contributed by atoms with Gasteiger partial charge < -0.3 is 19.7 Å². The maximum absolute atomic E-state index is 13.0. The first-order valence-corrected chi connectivity index (χ1v) is 8.40. The number of rotatable bonds is 4. The van der Waals surface area contributed by atoms with Crippen molar-refractivity contribution in [1.82, 2.24) is 15.2 Å². The third kappa shape index (κ3) is 4.17. The molecule has 1 aromatic carbocycles. The van der Waals surface area contributed by atoms with Crippen LogP contribution in [0.4, 0.5) is 9.18 Å². The van der Waals surface area contributed by atoms with E-state index < -0.39 is 6.10 Å². The van der Waals surface area contributed by atoms with Crippen LogP contribution in [0.5, 0.6) is 0 Å². The van der Waals surface area contributed by atoms with Crippen LogP contribution in [0.1, 0.15) is 36.0 Å². The monoisotopic (exact) mass is 347 g/mol. The summed E-state index contributed by atoms with van der Waals surface area (Å²) in [6, 6.07) is 5.79. The molecule has 0 spiro atoms. The van der Waals surface area contributed by atoms with Crippen molar-refractivity contribution in [2.75, 3.05) is 13.1 Å². The van der Waals surface area contributed by atoms with Gasteiger partial charge in [-0.25, -0.2) is 14.2 Å². The predicted molar refractivity (Wildman–Crippen MR) is 89.1 cm³/mol. The van der Waals surface area contributed by atoms with E-state index in [1.807, 2.05) is 0 Å². The van der Waals surface area contributed by atoms with Gasteiger partial charge in [0.1, 0.15) is 17.3 Å². The Balaban J connectivity index is 1.48. The molecule has 3 rings (SSSR count). The van der Waals surface area contributed by atoms with Crippen molar-refractivity contribution in [3.05, 3.63) is 53.5 Å². The van der Waals surface area contributed by atoms with Gasteiger partial charge in [-0.15, -0.1) is 0 Å². The predicted octanol–water partition coefficient (Wildman–Crippen LogP) is 2.78. The van der Waals surface area contributed by atoms with Crippen LogP contribution in [0.15, 0.2) is 35.1 Å². The van der Waals surface area contributed by atoms with Crippen molar-refractivity contribution in [1.29, 1.82) is 0 Å². The van der Waals surface area contributed by atoms with Crippen molar-refractivity contribution in [2.24, 2.45) is 5.92 Å². The summed E-state index contributed by atoms with van der Waals surface area (Å²) in [5, 5.41) is 13.3. The van der Waals surface area contributed by atoms with Crippen molar-refractivity contribution in [2.45, 2.75) is 32.4 Å². The first-order valence-electron chi connectivity index (χ1n) is 8.40. The summed E-state index contributed by atoms with van der Waals surface area (Å²) in [6.07, 6.45) is 2.13. The molecule has 0 bridgehead atoms. The molecule has 1 saturated heterocycles. The maximum Gasteiger partial charge on any atom is 0.317 e. The lowest BCUT2D eigenvalue weighted by Crippen LogP contribution is -2.45. The summed E-state index contributed by atoms with van der Waals surface area (Å²) < 4.78 is 18.1. The minimum Gasteiger partial charge on any atom is -0.448 e. The lowest BCUT2D eigenvalue weighted by Gasteiger charge is -2.34. The van der Waals surface area contributed by atoms with Crippen LogP contribution < -0.4 is 5.32 Å². The molecular weight excluding hydrogens is 325 g/mol. The largest absolute Gasteiger partial charge is 0.448 e. The first-order chi connectivity index (χ1) is 12.0. The highest BCUT2D eigenvalue weighted by molar-refractivity contribution is 5.74. The number of aryl methyl sites for hydroxylation is 1. The molecule has 134 valence electrons. The summed E-state index contributed by atoms with van der Waals surface area (Å²) in [4.78, 5) is 18.0. The Morgan fingerprint density at radius 1 is 1.40 bits per heavy atom. The molecule has 0 radical (unpaired) electrons. The molecule has 1 fully saturated rings. The molecule has 7 heteroatoms. The number of benzene rings is 1. The number of urea groups is 1. The number of halogens is 1. The van der Waals surface area contributed by atoms with Gasteiger partial charge in [-0.05, 0) is 43.4 Å². The Bertz CT molecular complexity index is 709. The molecule has 2 heterocycles. The zero-order chi connectivity index (χ0) is 17.8. The lowest BCUT2D eigenvalue weighted by atomic mass is 9.87. The highest BCUT2D eigenvalue weighted by Gasteiger charge is 2.28. The smallest absolute Gasteiger partial charge is 0.317 e. The fourth-order valence-corrected chi connectivity index (χ4v) is 3.12. The van der Waals surface area contributed by atoms with E-state index in [-0.39, 0.29) is 17.8 Å². The number of oxazole rings is 1. The van der Waals surface area contributed by atoms with E-state index in [1.165, 1.54) is 18.5 Å². The van der Waals surface area contributed by atoms with Gasteiger partial charge in [0.05, 0.1) is 12.6 Å². The highest BCUT2D eigenvalue weighted by Crippen LogP contribution is 2.30. The number of amides is 2. The van der Waals surface area contributed by atoms with Gasteiger partial charge in [0.15, 0.2) is 6.39 Å². The van der Waals surface area contributed by atoms with Crippen LogP contribution in [-0.4, -0.2) is 34.1 Å². The van der Waals surface area contributed by atoms with Crippen LogP contribution in [0.2, 0.25) is 0 Å². The number of piperidine rings is 1. The number of aliphatic hydroxyl groups is 1. The molecular formula is C18H22FN3O3. The first kappa shape index (κ1) is 17.4. The van der Waals surface area contributed by atoms with E-state index in [2.05, 4.69) is 10.3 Å². The second-order valence-electron chi connectivity index (χ2n) is 6.33. The van der Waals surface area contributed by atoms with Crippen molar-refractivity contribution < 1.29 is 18.7 Å². The molecule has 1 unspecified atom stereocenters. The van der Waals surface area contributed by atoms with E-state index in [1.54, 1.807) is 24.0 Å². The molecule has 1 atom stereocenters. The number of nitrogens with one attached hydrogen (secondary N) is 1. The van der Waals surface area contributed by atoms with Gasteiger partial charge in [-0.3, -0.25) is 0 Å². The van der Waals surface area contributed by atoms with Crippen molar-refractivity contribution in [3.63, 3.8) is 0 Å². The standard InChI is InChI=1S/C18H22FN3O3/c1-12-16(21-11-25-12)10-20-18(24)22-8-6-14(7-9-22)17(23)13-2-4-15(19)5-3-13/h2-5,11,14,17,23H,6-10H2,1H3,(H,20,24). The molecule has 2 N–H and O–H groups in total. The second kappa shape index (κ2) is 7.65. The second-order valence-corrected chi connectivity index (χ2v) is 6.33. The molecule has 0 aliphatic carbocycles. The summed E-state index contributed by atoms with van der Waals surface area (Å²) >= 11 is 0. The van der Waals surface area contributed by atoms with Crippen molar-refractivity contribution >= 4 is 6.03 Å². The number of likely N-dealkylation sites (tertiary alicyclic amines) is 1. The molecule has 2 amide bonds. The van der Waals surface area contributed by atoms with E-state index in [4.69, 9.17) is 4.42 Å². The summed E-state index contributed by atoms with van der Waals surface area (Å²) in [5.74, 6) is 0.443. The summed E-state index contributed by atoms with van der Waals surface area (Å²) in [5.41, 5.74) is 1.43. The molecule has 0 saturated carbocycles. The number of aromatic nitrogens is 1. The maximum atomic E-state index is 13.0. The molecule has 6 nitrogen and oxygen atoms in total. The minimum absolute atomic E-state index is 0.0623. The van der Waals surface area contributed by atoms with Gasteiger partial charge in [-0.2, -0.15) is 0 Å². The number of hydrogen-bond acceptors (Lipinski definition) is 4. The van der Waals surface area contributed by atoms with Crippen LogP contribution in [0, 0.1) is 18.7 Å². The fraction of sp³-hybridized carbons (Fsp3) is 0.444. The fourth-order valence-electron chi connectivity index (χ4n) is 3.12.